The second kappa shape index (κ2) is 8.25. The van der Waals surface area contributed by atoms with Crippen LogP contribution in [0.15, 0.2) is 84.2 Å². The molecule has 2 amide bonds. The number of halogens is 1. The SMILES string of the molecule is O=C(Nc1ccc(Cl)cc1)Nc1nc(-c2ccc(-c3ccccc3)cc2)cs1. The zero-order valence-corrected chi connectivity index (χ0v) is 16.3. The van der Waals surface area contributed by atoms with E-state index in [4.69, 9.17) is 11.6 Å². The molecule has 0 aliphatic heterocycles. The van der Waals surface area contributed by atoms with Crippen LogP contribution >= 0.6 is 22.9 Å². The van der Waals surface area contributed by atoms with E-state index >= 15 is 0 Å². The first-order valence-electron chi connectivity index (χ1n) is 8.62. The Kier molecular flexibility index (Phi) is 5.37. The summed E-state index contributed by atoms with van der Waals surface area (Å²) < 4.78 is 0. The second-order valence-corrected chi connectivity index (χ2v) is 7.36. The van der Waals surface area contributed by atoms with Gasteiger partial charge in [0.25, 0.3) is 0 Å². The molecule has 4 aromatic rings. The van der Waals surface area contributed by atoms with Crippen LogP contribution in [0.25, 0.3) is 22.4 Å². The third-order valence-corrected chi connectivity index (χ3v) is 5.12. The van der Waals surface area contributed by atoms with Gasteiger partial charge in [0, 0.05) is 21.7 Å². The molecule has 0 fully saturated rings. The molecule has 2 N–H and O–H groups in total. The van der Waals surface area contributed by atoms with Crippen molar-refractivity contribution in [1.82, 2.24) is 4.98 Å². The predicted molar refractivity (Wildman–Crippen MR) is 117 cm³/mol. The molecule has 6 heteroatoms. The molecule has 4 rings (SSSR count). The maximum absolute atomic E-state index is 12.1. The molecule has 0 saturated heterocycles. The Morgan fingerprint density at radius 2 is 1.43 bits per heavy atom. The first kappa shape index (κ1) is 18.2. The van der Waals surface area contributed by atoms with E-state index in [9.17, 15) is 4.79 Å². The van der Waals surface area contributed by atoms with Gasteiger partial charge in [-0.1, -0.05) is 66.2 Å². The highest BCUT2D eigenvalue weighted by molar-refractivity contribution is 7.14. The summed E-state index contributed by atoms with van der Waals surface area (Å²) in [5, 5.41) is 8.59. The minimum absolute atomic E-state index is 0.345. The second-order valence-electron chi connectivity index (χ2n) is 6.07. The number of urea groups is 1. The van der Waals surface area contributed by atoms with E-state index in [1.54, 1.807) is 24.3 Å². The van der Waals surface area contributed by atoms with Gasteiger partial charge in [-0.15, -0.1) is 11.3 Å². The molecule has 0 spiro atoms. The lowest BCUT2D eigenvalue weighted by atomic mass is 10.0. The van der Waals surface area contributed by atoms with E-state index in [1.807, 2.05) is 35.7 Å². The number of rotatable bonds is 4. The van der Waals surface area contributed by atoms with Crippen molar-refractivity contribution in [3.8, 4) is 22.4 Å². The Bertz CT molecular complexity index is 1080. The fourth-order valence-electron chi connectivity index (χ4n) is 2.72. The zero-order chi connectivity index (χ0) is 19.3. The van der Waals surface area contributed by atoms with E-state index in [0.717, 1.165) is 16.8 Å². The molecule has 0 saturated carbocycles. The molecule has 3 aromatic carbocycles. The molecule has 28 heavy (non-hydrogen) atoms. The highest BCUT2D eigenvalue weighted by atomic mass is 35.5. The third-order valence-electron chi connectivity index (χ3n) is 4.11. The van der Waals surface area contributed by atoms with Crippen LogP contribution in [0, 0.1) is 0 Å². The topological polar surface area (TPSA) is 54.0 Å². The van der Waals surface area contributed by atoms with Gasteiger partial charge in [0.15, 0.2) is 5.13 Å². The van der Waals surface area contributed by atoms with Gasteiger partial charge in [0.2, 0.25) is 0 Å². The first-order chi connectivity index (χ1) is 13.7. The molecule has 138 valence electrons. The number of benzene rings is 3. The van der Waals surface area contributed by atoms with Crippen LogP contribution in [-0.2, 0) is 0 Å². The van der Waals surface area contributed by atoms with Gasteiger partial charge in [-0.05, 0) is 35.4 Å². The fraction of sp³-hybridized carbons (Fsp3) is 0. The Morgan fingerprint density at radius 3 is 2.14 bits per heavy atom. The number of carbonyl (C=O) groups excluding carboxylic acids is 1. The molecule has 0 unspecified atom stereocenters. The normalized spacial score (nSPS) is 10.5. The summed E-state index contributed by atoms with van der Waals surface area (Å²) in [6, 6.07) is 25.0. The van der Waals surface area contributed by atoms with E-state index in [-0.39, 0.29) is 6.03 Å². The van der Waals surface area contributed by atoms with Gasteiger partial charge in [0.1, 0.15) is 0 Å². The highest BCUT2D eigenvalue weighted by Crippen LogP contribution is 2.27. The van der Waals surface area contributed by atoms with E-state index in [0.29, 0.717) is 15.8 Å². The maximum atomic E-state index is 12.1. The lowest BCUT2D eigenvalue weighted by Crippen LogP contribution is -2.19. The van der Waals surface area contributed by atoms with E-state index < -0.39 is 0 Å². The van der Waals surface area contributed by atoms with Crippen molar-refractivity contribution in [2.45, 2.75) is 0 Å². The fourth-order valence-corrected chi connectivity index (χ4v) is 3.56. The van der Waals surface area contributed by atoms with Crippen molar-refractivity contribution < 1.29 is 4.79 Å². The average Bonchev–Trinajstić information content (AvgIpc) is 3.19. The van der Waals surface area contributed by atoms with Crippen molar-refractivity contribution in [3.63, 3.8) is 0 Å². The van der Waals surface area contributed by atoms with Gasteiger partial charge in [-0.2, -0.15) is 0 Å². The van der Waals surface area contributed by atoms with Gasteiger partial charge >= 0.3 is 6.03 Å². The Morgan fingerprint density at radius 1 is 0.786 bits per heavy atom. The minimum atomic E-state index is -0.345. The van der Waals surface area contributed by atoms with Crippen molar-refractivity contribution in [3.05, 3.63) is 89.3 Å². The molecule has 4 nitrogen and oxygen atoms in total. The summed E-state index contributed by atoms with van der Waals surface area (Å²) in [7, 11) is 0. The lowest BCUT2D eigenvalue weighted by molar-refractivity contribution is 0.262. The Labute approximate surface area is 171 Å². The summed E-state index contributed by atoms with van der Waals surface area (Å²) in [5.41, 5.74) is 4.82. The molecular weight excluding hydrogens is 390 g/mol. The summed E-state index contributed by atoms with van der Waals surface area (Å²) >= 11 is 7.23. The molecule has 1 aromatic heterocycles. The molecule has 1 heterocycles. The lowest BCUT2D eigenvalue weighted by Gasteiger charge is -2.05. The predicted octanol–water partition coefficient (Wildman–Crippen LogP) is 6.77. The van der Waals surface area contributed by atoms with E-state index in [2.05, 4.69) is 39.9 Å². The molecule has 0 atom stereocenters. The Balaban J connectivity index is 1.42. The molecule has 0 bridgehead atoms. The third kappa shape index (κ3) is 4.39. The highest BCUT2D eigenvalue weighted by Gasteiger charge is 2.09. The quantitative estimate of drug-likeness (QED) is 0.393. The van der Waals surface area contributed by atoms with Crippen LogP contribution < -0.4 is 10.6 Å². The minimum Gasteiger partial charge on any atom is -0.308 e. The zero-order valence-electron chi connectivity index (χ0n) is 14.7. The molecule has 0 aliphatic rings. The van der Waals surface area contributed by atoms with Crippen molar-refractivity contribution in [2.75, 3.05) is 10.6 Å². The molecular formula is C22H16ClN3OS. The average molecular weight is 406 g/mol. The van der Waals surface area contributed by atoms with Gasteiger partial charge < -0.3 is 5.32 Å². The number of nitrogens with one attached hydrogen (secondary N) is 2. The summed E-state index contributed by atoms with van der Waals surface area (Å²) in [6.45, 7) is 0. The monoisotopic (exact) mass is 405 g/mol. The first-order valence-corrected chi connectivity index (χ1v) is 9.88. The maximum Gasteiger partial charge on any atom is 0.325 e. The van der Waals surface area contributed by atoms with Crippen LogP contribution in [0.4, 0.5) is 15.6 Å². The summed E-state index contributed by atoms with van der Waals surface area (Å²) in [5.74, 6) is 0. The number of carbonyl (C=O) groups is 1. The largest absolute Gasteiger partial charge is 0.325 e. The van der Waals surface area contributed by atoms with Gasteiger partial charge in [-0.3, -0.25) is 5.32 Å². The van der Waals surface area contributed by atoms with Crippen molar-refractivity contribution in [1.29, 1.82) is 0 Å². The number of amides is 2. The van der Waals surface area contributed by atoms with Crippen LogP contribution in [-0.4, -0.2) is 11.0 Å². The molecule has 0 aliphatic carbocycles. The van der Waals surface area contributed by atoms with Crippen molar-refractivity contribution in [2.24, 2.45) is 0 Å². The summed E-state index contributed by atoms with van der Waals surface area (Å²) in [4.78, 5) is 16.6. The van der Waals surface area contributed by atoms with Crippen LogP contribution in [0.2, 0.25) is 5.02 Å². The van der Waals surface area contributed by atoms with Crippen molar-refractivity contribution >= 4 is 39.8 Å². The van der Waals surface area contributed by atoms with Gasteiger partial charge in [-0.25, -0.2) is 9.78 Å². The van der Waals surface area contributed by atoms with Crippen LogP contribution in [0.3, 0.4) is 0 Å². The van der Waals surface area contributed by atoms with Crippen LogP contribution in [0.1, 0.15) is 0 Å². The smallest absolute Gasteiger partial charge is 0.308 e. The molecule has 0 radical (unpaired) electrons. The Hall–Kier alpha value is -3.15. The number of hydrogen-bond donors (Lipinski definition) is 2. The number of anilines is 2. The number of thiazole rings is 1. The van der Waals surface area contributed by atoms with Gasteiger partial charge in [0.05, 0.1) is 5.69 Å². The number of aromatic nitrogens is 1. The number of nitrogens with zero attached hydrogens (tertiary/aromatic N) is 1. The number of hydrogen-bond acceptors (Lipinski definition) is 3. The summed E-state index contributed by atoms with van der Waals surface area (Å²) in [6.07, 6.45) is 0. The van der Waals surface area contributed by atoms with E-state index in [1.165, 1.54) is 16.9 Å². The standard InChI is InChI=1S/C22H16ClN3OS/c23-18-10-12-19(13-11-18)24-21(27)26-22-25-20(14-28-22)17-8-6-16(7-9-17)15-4-2-1-3-5-15/h1-14H,(H2,24,25,26,27). The van der Waals surface area contributed by atoms with Crippen LogP contribution in [0.5, 0.6) is 0 Å².